The van der Waals surface area contributed by atoms with Crippen LogP contribution in [0.15, 0.2) is 24.3 Å². The third kappa shape index (κ3) is 4.61. The summed E-state index contributed by atoms with van der Waals surface area (Å²) in [5, 5.41) is 0. The van der Waals surface area contributed by atoms with Crippen LogP contribution in [0, 0.1) is 5.82 Å². The van der Waals surface area contributed by atoms with Gasteiger partial charge in [0.1, 0.15) is 5.82 Å². The maximum Gasteiger partial charge on any atom is 0.239 e. The standard InChI is InChI=1S/C16H23FN2OS.ClH/c1-11-9-13(12-3-5-14(17)6-4-12)10-19(11)16(20)15(18)7-8-21-2;/h3-6,11,13,15H,7-10,18H2,1-2H3;1H/t11?,13?,15-;/m0./s1. The average molecular weight is 347 g/mol. The van der Waals surface area contributed by atoms with E-state index in [1.807, 2.05) is 23.3 Å². The molecule has 0 aliphatic carbocycles. The second kappa shape index (κ2) is 8.75. The smallest absolute Gasteiger partial charge is 0.239 e. The summed E-state index contributed by atoms with van der Waals surface area (Å²) in [4.78, 5) is 14.3. The zero-order valence-electron chi connectivity index (χ0n) is 13.0. The number of carbonyl (C=O) groups is 1. The van der Waals surface area contributed by atoms with Crippen LogP contribution in [0.2, 0.25) is 0 Å². The van der Waals surface area contributed by atoms with E-state index in [1.54, 1.807) is 11.8 Å². The highest BCUT2D eigenvalue weighted by Gasteiger charge is 2.34. The van der Waals surface area contributed by atoms with E-state index in [2.05, 4.69) is 6.92 Å². The molecule has 0 radical (unpaired) electrons. The number of halogens is 2. The Balaban J connectivity index is 0.00000242. The molecular formula is C16H24ClFN2OS. The molecule has 124 valence electrons. The first kappa shape index (κ1) is 19.3. The minimum absolute atomic E-state index is 0. The van der Waals surface area contributed by atoms with Crippen LogP contribution in [0.3, 0.4) is 0 Å². The van der Waals surface area contributed by atoms with Crippen molar-refractivity contribution >= 4 is 30.1 Å². The first-order chi connectivity index (χ1) is 10.0. The van der Waals surface area contributed by atoms with Gasteiger partial charge in [0, 0.05) is 18.5 Å². The number of rotatable bonds is 5. The van der Waals surface area contributed by atoms with Crippen molar-refractivity contribution in [2.24, 2.45) is 5.73 Å². The summed E-state index contributed by atoms with van der Waals surface area (Å²) in [6, 6.07) is 6.37. The molecule has 1 fully saturated rings. The van der Waals surface area contributed by atoms with E-state index >= 15 is 0 Å². The lowest BCUT2D eigenvalue weighted by atomic mass is 9.97. The van der Waals surface area contributed by atoms with Gasteiger partial charge in [-0.2, -0.15) is 11.8 Å². The Kier molecular flexibility index (Phi) is 7.66. The molecule has 6 heteroatoms. The van der Waals surface area contributed by atoms with Crippen molar-refractivity contribution in [3.8, 4) is 0 Å². The number of carbonyl (C=O) groups excluding carboxylic acids is 1. The number of hydrogen-bond donors (Lipinski definition) is 1. The minimum Gasteiger partial charge on any atom is -0.338 e. The largest absolute Gasteiger partial charge is 0.338 e. The van der Waals surface area contributed by atoms with Crippen molar-refractivity contribution < 1.29 is 9.18 Å². The van der Waals surface area contributed by atoms with Gasteiger partial charge in [-0.05, 0) is 49.5 Å². The van der Waals surface area contributed by atoms with Gasteiger partial charge in [-0.1, -0.05) is 12.1 Å². The maximum absolute atomic E-state index is 13.0. The van der Waals surface area contributed by atoms with Crippen molar-refractivity contribution in [3.05, 3.63) is 35.6 Å². The van der Waals surface area contributed by atoms with Crippen molar-refractivity contribution in [1.29, 1.82) is 0 Å². The van der Waals surface area contributed by atoms with Gasteiger partial charge in [-0.15, -0.1) is 12.4 Å². The fraction of sp³-hybridized carbons (Fsp3) is 0.562. The highest BCUT2D eigenvalue weighted by molar-refractivity contribution is 7.98. The molecule has 1 heterocycles. The van der Waals surface area contributed by atoms with E-state index < -0.39 is 6.04 Å². The number of benzene rings is 1. The molecule has 0 aromatic heterocycles. The number of thioether (sulfide) groups is 1. The van der Waals surface area contributed by atoms with Gasteiger partial charge in [0.2, 0.25) is 5.91 Å². The number of amides is 1. The Bertz CT molecular complexity index is 486. The molecule has 1 aromatic carbocycles. The van der Waals surface area contributed by atoms with Gasteiger partial charge >= 0.3 is 0 Å². The molecule has 3 nitrogen and oxygen atoms in total. The normalized spacial score (nSPS) is 22.3. The molecule has 0 saturated carbocycles. The number of hydrogen-bond acceptors (Lipinski definition) is 3. The summed E-state index contributed by atoms with van der Waals surface area (Å²) in [6.07, 6.45) is 3.64. The molecular weight excluding hydrogens is 323 g/mol. The molecule has 2 rings (SSSR count). The van der Waals surface area contributed by atoms with Crippen molar-refractivity contribution in [1.82, 2.24) is 4.90 Å². The molecule has 1 amide bonds. The first-order valence-corrected chi connectivity index (χ1v) is 8.72. The van der Waals surface area contributed by atoms with Crippen LogP contribution in [0.4, 0.5) is 4.39 Å². The lowest BCUT2D eigenvalue weighted by Crippen LogP contribution is -2.45. The fourth-order valence-corrected chi connectivity index (χ4v) is 3.39. The quantitative estimate of drug-likeness (QED) is 0.891. The van der Waals surface area contributed by atoms with Crippen molar-refractivity contribution in [2.75, 3.05) is 18.6 Å². The molecule has 2 N–H and O–H groups in total. The second-order valence-corrected chi connectivity index (χ2v) is 6.70. The monoisotopic (exact) mass is 346 g/mol. The van der Waals surface area contributed by atoms with Gasteiger partial charge in [-0.25, -0.2) is 4.39 Å². The summed E-state index contributed by atoms with van der Waals surface area (Å²) in [6.45, 7) is 2.74. The van der Waals surface area contributed by atoms with Crippen LogP contribution in [-0.2, 0) is 4.79 Å². The Labute approximate surface area is 142 Å². The van der Waals surface area contributed by atoms with E-state index in [-0.39, 0.29) is 36.1 Å². The van der Waals surface area contributed by atoms with E-state index in [4.69, 9.17) is 5.73 Å². The number of nitrogens with two attached hydrogens (primary N) is 1. The predicted molar refractivity (Wildman–Crippen MR) is 93.2 cm³/mol. The number of nitrogens with zero attached hydrogens (tertiary/aromatic N) is 1. The van der Waals surface area contributed by atoms with E-state index in [0.29, 0.717) is 13.0 Å². The molecule has 0 spiro atoms. The zero-order chi connectivity index (χ0) is 15.4. The molecule has 1 aliphatic heterocycles. The van der Waals surface area contributed by atoms with E-state index in [1.165, 1.54) is 12.1 Å². The summed E-state index contributed by atoms with van der Waals surface area (Å²) in [7, 11) is 0. The SMILES string of the molecule is CSCC[C@H](N)C(=O)N1CC(c2ccc(F)cc2)CC1C.Cl. The van der Waals surface area contributed by atoms with Crippen molar-refractivity contribution in [2.45, 2.75) is 37.8 Å². The molecule has 22 heavy (non-hydrogen) atoms. The molecule has 0 bridgehead atoms. The lowest BCUT2D eigenvalue weighted by Gasteiger charge is -2.25. The van der Waals surface area contributed by atoms with Gasteiger partial charge in [0.15, 0.2) is 0 Å². The third-order valence-electron chi connectivity index (χ3n) is 4.15. The van der Waals surface area contributed by atoms with Crippen LogP contribution in [-0.4, -0.2) is 41.4 Å². The van der Waals surface area contributed by atoms with E-state index in [0.717, 1.165) is 17.7 Å². The summed E-state index contributed by atoms with van der Waals surface area (Å²) < 4.78 is 13.0. The Morgan fingerprint density at radius 2 is 2.09 bits per heavy atom. The Morgan fingerprint density at radius 3 is 2.68 bits per heavy atom. The molecule has 2 unspecified atom stereocenters. The minimum atomic E-state index is -0.410. The fourth-order valence-electron chi connectivity index (χ4n) is 2.90. The maximum atomic E-state index is 13.0. The van der Waals surface area contributed by atoms with Crippen LogP contribution >= 0.6 is 24.2 Å². The van der Waals surface area contributed by atoms with Gasteiger partial charge in [-0.3, -0.25) is 4.79 Å². The molecule has 1 aromatic rings. The first-order valence-electron chi connectivity index (χ1n) is 7.33. The molecule has 1 aliphatic rings. The van der Waals surface area contributed by atoms with Gasteiger partial charge in [0.05, 0.1) is 6.04 Å². The van der Waals surface area contributed by atoms with Crippen LogP contribution in [0.25, 0.3) is 0 Å². The topological polar surface area (TPSA) is 46.3 Å². The molecule has 3 atom stereocenters. The summed E-state index contributed by atoms with van der Waals surface area (Å²) in [5.41, 5.74) is 7.09. The number of likely N-dealkylation sites (tertiary alicyclic amines) is 1. The van der Waals surface area contributed by atoms with Crippen molar-refractivity contribution in [3.63, 3.8) is 0 Å². The Morgan fingerprint density at radius 1 is 1.45 bits per heavy atom. The summed E-state index contributed by atoms with van der Waals surface area (Å²) in [5.74, 6) is 0.992. The van der Waals surface area contributed by atoms with Gasteiger partial charge < -0.3 is 10.6 Å². The molecule has 1 saturated heterocycles. The van der Waals surface area contributed by atoms with Crippen LogP contribution < -0.4 is 5.73 Å². The van der Waals surface area contributed by atoms with Crippen LogP contribution in [0.5, 0.6) is 0 Å². The third-order valence-corrected chi connectivity index (χ3v) is 4.79. The predicted octanol–water partition coefficient (Wildman–Crippen LogP) is 3.03. The lowest BCUT2D eigenvalue weighted by molar-refractivity contribution is -0.133. The highest BCUT2D eigenvalue weighted by Crippen LogP contribution is 2.32. The second-order valence-electron chi connectivity index (χ2n) is 5.71. The Hall–Kier alpha value is -0.780. The zero-order valence-corrected chi connectivity index (χ0v) is 14.6. The van der Waals surface area contributed by atoms with Crippen LogP contribution in [0.1, 0.15) is 31.2 Å². The summed E-state index contributed by atoms with van der Waals surface area (Å²) >= 11 is 1.70. The van der Waals surface area contributed by atoms with Gasteiger partial charge in [0.25, 0.3) is 0 Å². The average Bonchev–Trinajstić information content (AvgIpc) is 2.86. The van der Waals surface area contributed by atoms with E-state index in [9.17, 15) is 9.18 Å². The highest BCUT2D eigenvalue weighted by atomic mass is 35.5.